The second-order valence-electron chi connectivity index (χ2n) is 7.40. The van der Waals surface area contributed by atoms with Crippen molar-refractivity contribution in [3.05, 3.63) is 34.9 Å². The fourth-order valence-corrected chi connectivity index (χ4v) is 3.62. The molecule has 0 radical (unpaired) electrons. The lowest BCUT2D eigenvalue weighted by Crippen LogP contribution is -2.53. The number of nitrogens with one attached hydrogen (secondary N) is 1. The topological polar surface area (TPSA) is 86.7 Å². The van der Waals surface area contributed by atoms with E-state index in [1.54, 1.807) is 29.2 Å². The van der Waals surface area contributed by atoms with Gasteiger partial charge in [-0.05, 0) is 43.2 Å². The molecular weight excluding hydrogens is 368 g/mol. The first-order valence-electron chi connectivity index (χ1n) is 9.35. The van der Waals surface area contributed by atoms with Crippen molar-refractivity contribution < 1.29 is 19.5 Å². The van der Waals surface area contributed by atoms with Crippen molar-refractivity contribution in [2.75, 3.05) is 13.1 Å². The third-order valence-corrected chi connectivity index (χ3v) is 5.26. The van der Waals surface area contributed by atoms with E-state index in [1.165, 1.54) is 0 Å². The molecule has 6 nitrogen and oxygen atoms in total. The predicted octanol–water partition coefficient (Wildman–Crippen LogP) is 3.20. The highest BCUT2D eigenvalue weighted by Gasteiger charge is 2.32. The Bertz CT molecular complexity index is 692. The number of hydrogen-bond acceptors (Lipinski definition) is 3. The number of aliphatic carboxylic acids is 1. The van der Waals surface area contributed by atoms with Crippen LogP contribution < -0.4 is 5.32 Å². The minimum atomic E-state index is -0.814. The number of carbonyl (C=O) groups excluding carboxylic acids is 2. The Morgan fingerprint density at radius 2 is 2.00 bits per heavy atom. The molecule has 0 aromatic heterocycles. The first-order chi connectivity index (χ1) is 12.8. The molecule has 2 amide bonds. The van der Waals surface area contributed by atoms with Crippen LogP contribution in [0.25, 0.3) is 0 Å². The summed E-state index contributed by atoms with van der Waals surface area (Å²) in [6.07, 6.45) is 2.45. The van der Waals surface area contributed by atoms with E-state index in [9.17, 15) is 14.4 Å². The highest BCUT2D eigenvalue weighted by Crippen LogP contribution is 2.23. The van der Waals surface area contributed by atoms with E-state index in [0.29, 0.717) is 30.1 Å². The maximum Gasteiger partial charge on any atom is 0.303 e. The summed E-state index contributed by atoms with van der Waals surface area (Å²) >= 11 is 6.09. The summed E-state index contributed by atoms with van der Waals surface area (Å²) in [7, 11) is 0. The minimum Gasteiger partial charge on any atom is -0.481 e. The lowest BCUT2D eigenvalue weighted by molar-refractivity contribution is -0.137. The van der Waals surface area contributed by atoms with Crippen molar-refractivity contribution in [3.8, 4) is 0 Å². The fraction of sp³-hybridized carbons (Fsp3) is 0.550. The number of halogens is 1. The molecule has 7 heteroatoms. The summed E-state index contributed by atoms with van der Waals surface area (Å²) in [5, 5.41) is 12.0. The average molecular weight is 395 g/mol. The molecule has 1 aliphatic rings. The van der Waals surface area contributed by atoms with Crippen molar-refractivity contribution in [3.63, 3.8) is 0 Å². The van der Waals surface area contributed by atoms with Gasteiger partial charge in [0.2, 0.25) is 5.91 Å². The molecule has 1 fully saturated rings. The highest BCUT2D eigenvalue weighted by molar-refractivity contribution is 6.33. The van der Waals surface area contributed by atoms with Crippen molar-refractivity contribution in [1.29, 1.82) is 0 Å². The van der Waals surface area contributed by atoms with Gasteiger partial charge in [0.25, 0.3) is 5.91 Å². The van der Waals surface area contributed by atoms with E-state index in [0.717, 1.165) is 12.8 Å². The van der Waals surface area contributed by atoms with Crippen LogP contribution in [0.3, 0.4) is 0 Å². The van der Waals surface area contributed by atoms with Crippen LogP contribution in [-0.4, -0.2) is 46.9 Å². The quantitative estimate of drug-likeness (QED) is 0.743. The maximum atomic E-state index is 13.0. The molecule has 2 atom stereocenters. The van der Waals surface area contributed by atoms with Gasteiger partial charge in [0, 0.05) is 19.5 Å². The van der Waals surface area contributed by atoms with Crippen LogP contribution >= 0.6 is 11.6 Å². The molecule has 1 aromatic carbocycles. The van der Waals surface area contributed by atoms with Gasteiger partial charge in [-0.3, -0.25) is 14.4 Å². The first kappa shape index (κ1) is 21.2. The molecule has 0 bridgehead atoms. The monoisotopic (exact) mass is 394 g/mol. The van der Waals surface area contributed by atoms with Crippen LogP contribution in [0.15, 0.2) is 24.3 Å². The predicted molar refractivity (Wildman–Crippen MR) is 104 cm³/mol. The number of piperidine rings is 1. The van der Waals surface area contributed by atoms with Gasteiger partial charge in [0.05, 0.1) is 10.6 Å². The fourth-order valence-electron chi connectivity index (χ4n) is 3.40. The minimum absolute atomic E-state index is 0.0802. The van der Waals surface area contributed by atoms with E-state index < -0.39 is 12.0 Å². The van der Waals surface area contributed by atoms with E-state index in [2.05, 4.69) is 5.32 Å². The molecule has 2 rings (SSSR count). The first-order valence-corrected chi connectivity index (χ1v) is 9.73. The van der Waals surface area contributed by atoms with E-state index in [1.807, 2.05) is 13.8 Å². The Morgan fingerprint density at radius 1 is 1.30 bits per heavy atom. The Hall–Kier alpha value is -2.08. The summed E-state index contributed by atoms with van der Waals surface area (Å²) < 4.78 is 0. The molecule has 27 heavy (non-hydrogen) atoms. The van der Waals surface area contributed by atoms with Gasteiger partial charge in [-0.15, -0.1) is 0 Å². The average Bonchev–Trinajstić information content (AvgIpc) is 2.64. The second-order valence-corrected chi connectivity index (χ2v) is 7.81. The molecular formula is C20H27ClN2O4. The van der Waals surface area contributed by atoms with Gasteiger partial charge >= 0.3 is 5.97 Å². The van der Waals surface area contributed by atoms with Crippen LogP contribution in [0, 0.1) is 11.8 Å². The number of benzene rings is 1. The molecule has 1 saturated heterocycles. The van der Waals surface area contributed by atoms with E-state index in [-0.39, 0.29) is 30.1 Å². The summed E-state index contributed by atoms with van der Waals surface area (Å²) in [4.78, 5) is 38.2. The van der Waals surface area contributed by atoms with Crippen LogP contribution in [0.5, 0.6) is 0 Å². The molecule has 0 spiro atoms. The lowest BCUT2D eigenvalue weighted by atomic mass is 9.92. The van der Waals surface area contributed by atoms with Crippen LogP contribution in [0.2, 0.25) is 5.02 Å². The number of rotatable bonds is 7. The van der Waals surface area contributed by atoms with E-state index in [4.69, 9.17) is 16.7 Å². The number of hydrogen-bond donors (Lipinski definition) is 2. The number of carboxylic acids is 1. The third-order valence-electron chi connectivity index (χ3n) is 4.93. The normalized spacial score (nSPS) is 18.2. The highest BCUT2D eigenvalue weighted by atomic mass is 35.5. The largest absolute Gasteiger partial charge is 0.481 e. The van der Waals surface area contributed by atoms with Gasteiger partial charge in [-0.25, -0.2) is 0 Å². The smallest absolute Gasteiger partial charge is 0.303 e. The van der Waals surface area contributed by atoms with Gasteiger partial charge in [0.15, 0.2) is 0 Å². The van der Waals surface area contributed by atoms with Crippen molar-refractivity contribution in [1.82, 2.24) is 10.2 Å². The lowest BCUT2D eigenvalue weighted by Gasteiger charge is -2.36. The molecule has 0 aliphatic carbocycles. The van der Waals surface area contributed by atoms with Crippen LogP contribution in [-0.2, 0) is 9.59 Å². The summed E-state index contributed by atoms with van der Waals surface area (Å²) in [5.41, 5.74) is 0.343. The number of carboxylic acid groups (broad SMARTS) is 1. The maximum absolute atomic E-state index is 13.0. The number of likely N-dealkylation sites (tertiary alicyclic amines) is 1. The second kappa shape index (κ2) is 9.74. The number of nitrogens with zero attached hydrogens (tertiary/aromatic N) is 1. The Morgan fingerprint density at radius 3 is 2.63 bits per heavy atom. The Labute approximate surface area is 164 Å². The van der Waals surface area contributed by atoms with Gasteiger partial charge in [-0.1, -0.05) is 37.6 Å². The molecule has 1 heterocycles. The zero-order valence-corrected chi connectivity index (χ0v) is 16.5. The Balaban J connectivity index is 2.04. The molecule has 1 aromatic rings. The zero-order valence-electron chi connectivity index (χ0n) is 15.8. The van der Waals surface area contributed by atoms with Crippen molar-refractivity contribution >= 4 is 29.4 Å². The third kappa shape index (κ3) is 5.96. The van der Waals surface area contributed by atoms with Gasteiger partial charge in [-0.2, -0.15) is 0 Å². The molecule has 148 valence electrons. The van der Waals surface area contributed by atoms with Crippen LogP contribution in [0.4, 0.5) is 0 Å². The van der Waals surface area contributed by atoms with Crippen molar-refractivity contribution in [2.24, 2.45) is 11.8 Å². The van der Waals surface area contributed by atoms with Gasteiger partial charge < -0.3 is 15.3 Å². The standard InChI is InChI=1S/C20H27ClN2O4/c1-13(2)18(22-19(26)15-7-3-4-8-16(15)21)20(27)23-11-5-6-14(12-23)9-10-17(24)25/h3-4,7-8,13-14,18H,5-6,9-12H2,1-2H3,(H,22,26)(H,24,25). The molecule has 2 N–H and O–H groups in total. The van der Waals surface area contributed by atoms with Crippen LogP contribution in [0.1, 0.15) is 49.9 Å². The summed E-state index contributed by atoms with van der Waals surface area (Å²) in [6, 6.07) is 6.09. The van der Waals surface area contributed by atoms with E-state index >= 15 is 0 Å². The number of amides is 2. The Kier molecular flexibility index (Phi) is 7.66. The van der Waals surface area contributed by atoms with Crippen molar-refractivity contribution in [2.45, 2.75) is 45.6 Å². The molecule has 0 saturated carbocycles. The molecule has 2 unspecified atom stereocenters. The summed E-state index contributed by atoms with van der Waals surface area (Å²) in [5.74, 6) is -1.20. The SMILES string of the molecule is CC(C)C(NC(=O)c1ccccc1Cl)C(=O)N1CCCC(CCC(=O)O)C1. The number of carbonyl (C=O) groups is 3. The summed E-state index contributed by atoms with van der Waals surface area (Å²) in [6.45, 7) is 4.95. The zero-order chi connectivity index (χ0) is 20.0. The molecule has 1 aliphatic heterocycles. The van der Waals surface area contributed by atoms with Gasteiger partial charge in [0.1, 0.15) is 6.04 Å².